The summed E-state index contributed by atoms with van der Waals surface area (Å²) in [5.74, 6) is 0.594. The van der Waals surface area contributed by atoms with Crippen LogP contribution in [0.3, 0.4) is 0 Å². The first-order valence-corrected chi connectivity index (χ1v) is 9.74. The molecule has 2 amide bonds. The van der Waals surface area contributed by atoms with Gasteiger partial charge in [0, 0.05) is 12.6 Å². The van der Waals surface area contributed by atoms with Crippen LogP contribution in [-0.4, -0.2) is 34.6 Å². The zero-order valence-electron chi connectivity index (χ0n) is 16.7. The van der Waals surface area contributed by atoms with E-state index in [0.717, 1.165) is 42.0 Å². The number of ether oxygens (including phenoxy) is 1. The number of rotatable bonds is 5. The highest BCUT2D eigenvalue weighted by atomic mass is 16.5. The molecule has 1 aromatic carbocycles. The Balaban J connectivity index is 1.64. The molecule has 1 saturated heterocycles. The molecule has 0 unspecified atom stereocenters. The van der Waals surface area contributed by atoms with Crippen LogP contribution in [0.4, 0.5) is 10.5 Å². The summed E-state index contributed by atoms with van der Waals surface area (Å²) in [6, 6.07) is 9.90. The van der Waals surface area contributed by atoms with Crippen LogP contribution in [-0.2, 0) is 4.74 Å². The summed E-state index contributed by atoms with van der Waals surface area (Å²) in [5.41, 5.74) is 3.46. The van der Waals surface area contributed by atoms with Gasteiger partial charge in [-0.3, -0.25) is 0 Å². The molecule has 27 heavy (non-hydrogen) atoms. The molecule has 0 saturated carbocycles. The highest BCUT2D eigenvalue weighted by Gasteiger charge is 2.25. The molecule has 3 rings (SSSR count). The number of hydrogen-bond acceptors (Lipinski definition) is 3. The monoisotopic (exact) mass is 370 g/mol. The zero-order chi connectivity index (χ0) is 19.4. The van der Waals surface area contributed by atoms with Crippen LogP contribution >= 0.6 is 0 Å². The first kappa shape index (κ1) is 19.4. The quantitative estimate of drug-likeness (QED) is 0.829. The van der Waals surface area contributed by atoms with Crippen molar-refractivity contribution in [2.24, 2.45) is 5.92 Å². The average Bonchev–Trinajstić information content (AvgIpc) is 2.90. The lowest BCUT2D eigenvalue weighted by Gasteiger charge is -2.31. The van der Waals surface area contributed by atoms with Crippen LogP contribution in [0, 0.1) is 19.8 Å². The normalized spacial score (nSPS) is 19.9. The Bertz CT molecular complexity index is 770. The van der Waals surface area contributed by atoms with Crippen LogP contribution in [0.15, 0.2) is 30.3 Å². The fraction of sp³-hybridized carbons (Fsp3) is 0.524. The fourth-order valence-corrected chi connectivity index (χ4v) is 3.68. The number of para-hydroxylation sites is 1. The third-order valence-corrected chi connectivity index (χ3v) is 4.97. The molecular weight excluding hydrogens is 340 g/mol. The summed E-state index contributed by atoms with van der Waals surface area (Å²) >= 11 is 0. The van der Waals surface area contributed by atoms with E-state index in [1.807, 2.05) is 48.9 Å². The van der Waals surface area contributed by atoms with Crippen molar-refractivity contribution in [2.75, 3.05) is 11.9 Å². The highest BCUT2D eigenvalue weighted by Crippen LogP contribution is 2.23. The number of hydrogen-bond donors (Lipinski definition) is 2. The van der Waals surface area contributed by atoms with Crippen molar-refractivity contribution >= 4 is 11.7 Å². The Labute approximate surface area is 161 Å². The standard InChI is InChI=1S/C21H30N4O2/c1-14(2)12-19-13-17(10-11-27-19)22-21(26)23-20-15(3)24-25(16(20)4)18-8-6-5-7-9-18/h5-9,14,17,19H,10-13H2,1-4H3,(H2,22,23,26)/t17-,19-/m0/s1. The van der Waals surface area contributed by atoms with E-state index >= 15 is 0 Å². The third kappa shape index (κ3) is 4.89. The molecule has 0 spiro atoms. The maximum atomic E-state index is 12.6. The first-order chi connectivity index (χ1) is 12.9. The van der Waals surface area contributed by atoms with Crippen molar-refractivity contribution in [2.45, 2.75) is 59.1 Å². The van der Waals surface area contributed by atoms with E-state index in [-0.39, 0.29) is 18.2 Å². The van der Waals surface area contributed by atoms with E-state index in [9.17, 15) is 4.79 Å². The molecule has 2 N–H and O–H groups in total. The minimum atomic E-state index is -0.177. The lowest BCUT2D eigenvalue weighted by atomic mass is 9.96. The number of carbonyl (C=O) groups is 1. The number of aromatic nitrogens is 2. The number of nitrogens with one attached hydrogen (secondary N) is 2. The molecular formula is C21H30N4O2. The van der Waals surface area contributed by atoms with E-state index in [1.54, 1.807) is 0 Å². The molecule has 1 aliphatic heterocycles. The number of urea groups is 1. The van der Waals surface area contributed by atoms with E-state index in [0.29, 0.717) is 12.5 Å². The smallest absolute Gasteiger partial charge is 0.319 e. The molecule has 1 aliphatic rings. The van der Waals surface area contributed by atoms with Gasteiger partial charge in [0.25, 0.3) is 0 Å². The number of benzene rings is 1. The van der Waals surface area contributed by atoms with E-state index in [2.05, 4.69) is 29.6 Å². The molecule has 6 nitrogen and oxygen atoms in total. The molecule has 0 aliphatic carbocycles. The second-order valence-electron chi connectivity index (χ2n) is 7.74. The third-order valence-electron chi connectivity index (χ3n) is 4.97. The Hall–Kier alpha value is -2.34. The lowest BCUT2D eigenvalue weighted by Crippen LogP contribution is -2.44. The minimum absolute atomic E-state index is 0.146. The number of nitrogens with zero attached hydrogens (tertiary/aromatic N) is 2. The minimum Gasteiger partial charge on any atom is -0.378 e. The van der Waals surface area contributed by atoms with Crippen molar-refractivity contribution in [3.05, 3.63) is 41.7 Å². The van der Waals surface area contributed by atoms with Crippen molar-refractivity contribution < 1.29 is 9.53 Å². The Morgan fingerprint density at radius 2 is 2.04 bits per heavy atom. The van der Waals surface area contributed by atoms with Gasteiger partial charge in [-0.25, -0.2) is 9.48 Å². The predicted octanol–water partition coefficient (Wildman–Crippen LogP) is 4.20. The van der Waals surface area contributed by atoms with E-state index < -0.39 is 0 Å². The van der Waals surface area contributed by atoms with Gasteiger partial charge in [0.1, 0.15) is 0 Å². The Morgan fingerprint density at radius 3 is 2.74 bits per heavy atom. The molecule has 2 heterocycles. The van der Waals surface area contributed by atoms with Gasteiger partial charge < -0.3 is 15.4 Å². The topological polar surface area (TPSA) is 68.2 Å². The van der Waals surface area contributed by atoms with Gasteiger partial charge in [0.2, 0.25) is 0 Å². The summed E-state index contributed by atoms with van der Waals surface area (Å²) in [7, 11) is 0. The SMILES string of the molecule is Cc1nn(-c2ccccc2)c(C)c1NC(=O)N[C@H]1CCO[C@@H](CC(C)C)C1. The molecule has 1 fully saturated rings. The maximum Gasteiger partial charge on any atom is 0.319 e. The largest absolute Gasteiger partial charge is 0.378 e. The number of aryl methyl sites for hydroxylation is 1. The van der Waals surface area contributed by atoms with E-state index in [1.165, 1.54) is 0 Å². The second kappa shape index (κ2) is 8.57. The maximum absolute atomic E-state index is 12.6. The number of carbonyl (C=O) groups excluding carboxylic acids is 1. The molecule has 1 aromatic heterocycles. The van der Waals surface area contributed by atoms with Crippen molar-refractivity contribution in [3.63, 3.8) is 0 Å². The second-order valence-corrected chi connectivity index (χ2v) is 7.74. The predicted molar refractivity (Wildman–Crippen MR) is 107 cm³/mol. The molecule has 2 aromatic rings. The van der Waals surface area contributed by atoms with Crippen LogP contribution in [0.5, 0.6) is 0 Å². The molecule has 0 bridgehead atoms. The van der Waals surface area contributed by atoms with Crippen molar-refractivity contribution in [3.8, 4) is 5.69 Å². The van der Waals surface area contributed by atoms with Gasteiger partial charge in [-0.15, -0.1) is 0 Å². The van der Waals surface area contributed by atoms with Gasteiger partial charge in [-0.1, -0.05) is 32.0 Å². The fourth-order valence-electron chi connectivity index (χ4n) is 3.68. The van der Waals surface area contributed by atoms with Crippen LogP contribution in [0.2, 0.25) is 0 Å². The summed E-state index contributed by atoms with van der Waals surface area (Å²) in [5, 5.41) is 10.7. The molecule has 2 atom stereocenters. The first-order valence-electron chi connectivity index (χ1n) is 9.74. The molecule has 6 heteroatoms. The van der Waals surface area contributed by atoms with Crippen molar-refractivity contribution in [1.29, 1.82) is 0 Å². The zero-order valence-corrected chi connectivity index (χ0v) is 16.7. The Kier molecular flexibility index (Phi) is 6.16. The number of anilines is 1. The summed E-state index contributed by atoms with van der Waals surface area (Å²) in [6.45, 7) is 8.98. The van der Waals surface area contributed by atoms with Gasteiger partial charge in [-0.2, -0.15) is 5.10 Å². The number of amides is 2. The van der Waals surface area contributed by atoms with Crippen LogP contribution in [0.25, 0.3) is 5.69 Å². The van der Waals surface area contributed by atoms with Gasteiger partial charge >= 0.3 is 6.03 Å². The van der Waals surface area contributed by atoms with Crippen LogP contribution in [0.1, 0.15) is 44.5 Å². The lowest BCUT2D eigenvalue weighted by molar-refractivity contribution is -0.00717. The summed E-state index contributed by atoms with van der Waals surface area (Å²) in [4.78, 5) is 12.6. The average molecular weight is 370 g/mol. The highest BCUT2D eigenvalue weighted by molar-refractivity contribution is 5.90. The molecule has 0 radical (unpaired) electrons. The molecule has 146 valence electrons. The van der Waals surface area contributed by atoms with Crippen LogP contribution < -0.4 is 10.6 Å². The van der Waals surface area contributed by atoms with Crippen molar-refractivity contribution in [1.82, 2.24) is 15.1 Å². The Morgan fingerprint density at radius 1 is 1.30 bits per heavy atom. The summed E-state index contributed by atoms with van der Waals surface area (Å²) in [6.07, 6.45) is 2.98. The van der Waals surface area contributed by atoms with Gasteiger partial charge in [0.05, 0.1) is 28.9 Å². The summed E-state index contributed by atoms with van der Waals surface area (Å²) < 4.78 is 7.68. The van der Waals surface area contributed by atoms with E-state index in [4.69, 9.17) is 4.74 Å². The van der Waals surface area contributed by atoms with Gasteiger partial charge in [0.15, 0.2) is 0 Å². The van der Waals surface area contributed by atoms with Gasteiger partial charge in [-0.05, 0) is 51.2 Å².